The average Bonchev–Trinajstić information content (AvgIpc) is 2.69. The van der Waals surface area contributed by atoms with Gasteiger partial charge < -0.3 is 5.32 Å². The molecule has 0 bridgehead atoms. The van der Waals surface area contributed by atoms with E-state index in [2.05, 4.69) is 10.0 Å². The van der Waals surface area contributed by atoms with Crippen LogP contribution in [0.2, 0.25) is 0 Å². The zero-order chi connectivity index (χ0) is 20.1. The monoisotopic (exact) mass is 398 g/mol. The van der Waals surface area contributed by atoms with Gasteiger partial charge in [0.2, 0.25) is 0 Å². The molecule has 0 aliphatic carbocycles. The molecule has 144 valence electrons. The molecule has 0 heterocycles. The number of aryl methyl sites for hydroxylation is 1. The molecule has 3 aromatic rings. The van der Waals surface area contributed by atoms with Crippen LogP contribution in [0, 0.1) is 12.7 Å². The fraction of sp³-hybridized carbons (Fsp3) is 0.0952. The highest BCUT2D eigenvalue weighted by Gasteiger charge is 2.16. The maximum Gasteiger partial charge on any atom is 0.261 e. The lowest BCUT2D eigenvalue weighted by Gasteiger charge is -2.13. The molecule has 3 rings (SSSR count). The highest BCUT2D eigenvalue weighted by atomic mass is 32.2. The molecule has 0 aliphatic rings. The van der Waals surface area contributed by atoms with Gasteiger partial charge in [-0.3, -0.25) is 9.52 Å². The van der Waals surface area contributed by atoms with E-state index in [-0.39, 0.29) is 17.0 Å². The van der Waals surface area contributed by atoms with Gasteiger partial charge in [-0.2, -0.15) is 0 Å². The number of amides is 1. The number of sulfonamides is 1. The Labute approximate surface area is 163 Å². The molecule has 2 N–H and O–H groups in total. The summed E-state index contributed by atoms with van der Waals surface area (Å²) in [4.78, 5) is 12.5. The predicted molar refractivity (Wildman–Crippen MR) is 106 cm³/mol. The Bertz CT molecular complexity index is 1100. The second-order valence-corrected chi connectivity index (χ2v) is 7.90. The van der Waals surface area contributed by atoms with Gasteiger partial charge in [0.25, 0.3) is 15.9 Å². The molecule has 0 saturated heterocycles. The molecule has 3 aromatic carbocycles. The molecule has 5 nitrogen and oxygen atoms in total. The van der Waals surface area contributed by atoms with Crippen LogP contribution < -0.4 is 10.0 Å². The molecule has 7 heteroatoms. The molecule has 0 spiro atoms. The Morgan fingerprint density at radius 1 is 0.964 bits per heavy atom. The molecule has 0 saturated carbocycles. The highest BCUT2D eigenvalue weighted by molar-refractivity contribution is 7.92. The lowest BCUT2D eigenvalue weighted by molar-refractivity contribution is 0.0950. The van der Waals surface area contributed by atoms with Crippen molar-refractivity contribution >= 4 is 21.6 Å². The van der Waals surface area contributed by atoms with Crippen LogP contribution in [0.15, 0.2) is 77.7 Å². The lowest BCUT2D eigenvalue weighted by Crippen LogP contribution is -2.23. The Morgan fingerprint density at radius 2 is 1.64 bits per heavy atom. The minimum atomic E-state index is -3.77. The Morgan fingerprint density at radius 3 is 2.36 bits per heavy atom. The molecule has 0 aromatic heterocycles. The molecular formula is C21H19FN2O3S. The smallest absolute Gasteiger partial charge is 0.261 e. The van der Waals surface area contributed by atoms with Crippen molar-refractivity contribution in [3.63, 3.8) is 0 Å². The number of carbonyl (C=O) groups is 1. The SMILES string of the molecule is Cc1ccc(C(=O)NCc2ccccc2F)cc1NS(=O)(=O)c1ccccc1. The van der Waals surface area contributed by atoms with Gasteiger partial charge in [0.1, 0.15) is 5.82 Å². The fourth-order valence-corrected chi connectivity index (χ4v) is 3.74. The summed E-state index contributed by atoms with van der Waals surface area (Å²) in [6.07, 6.45) is 0. The number of halogens is 1. The first-order valence-corrected chi connectivity index (χ1v) is 10.1. The van der Waals surface area contributed by atoms with Crippen molar-refractivity contribution in [1.29, 1.82) is 0 Å². The first kappa shape index (κ1) is 19.6. The van der Waals surface area contributed by atoms with Crippen molar-refractivity contribution in [1.82, 2.24) is 5.32 Å². The second-order valence-electron chi connectivity index (χ2n) is 6.22. The van der Waals surface area contributed by atoms with Gasteiger partial charge in [-0.25, -0.2) is 12.8 Å². The van der Waals surface area contributed by atoms with Crippen molar-refractivity contribution in [3.8, 4) is 0 Å². The van der Waals surface area contributed by atoms with Crippen molar-refractivity contribution < 1.29 is 17.6 Å². The van der Waals surface area contributed by atoms with E-state index in [4.69, 9.17) is 0 Å². The minimum absolute atomic E-state index is 0.0322. The van der Waals surface area contributed by atoms with Crippen LogP contribution in [0.25, 0.3) is 0 Å². The molecule has 0 atom stereocenters. The van der Waals surface area contributed by atoms with Crippen LogP contribution in [0.3, 0.4) is 0 Å². The van der Waals surface area contributed by atoms with Gasteiger partial charge in [-0.15, -0.1) is 0 Å². The van der Waals surface area contributed by atoms with E-state index in [1.165, 1.54) is 24.3 Å². The summed E-state index contributed by atoms with van der Waals surface area (Å²) in [5.74, 6) is -0.827. The van der Waals surface area contributed by atoms with E-state index in [1.54, 1.807) is 55.5 Å². The number of carbonyl (C=O) groups excluding carboxylic acids is 1. The number of hydrogen-bond acceptors (Lipinski definition) is 3. The molecule has 0 radical (unpaired) electrons. The van der Waals surface area contributed by atoms with Crippen LogP contribution >= 0.6 is 0 Å². The first-order chi connectivity index (χ1) is 13.4. The third-order valence-corrected chi connectivity index (χ3v) is 5.58. The van der Waals surface area contributed by atoms with E-state index >= 15 is 0 Å². The first-order valence-electron chi connectivity index (χ1n) is 8.57. The summed E-state index contributed by atoms with van der Waals surface area (Å²) in [7, 11) is -3.77. The quantitative estimate of drug-likeness (QED) is 0.662. The van der Waals surface area contributed by atoms with E-state index in [9.17, 15) is 17.6 Å². The van der Waals surface area contributed by atoms with Crippen LogP contribution in [-0.2, 0) is 16.6 Å². The van der Waals surface area contributed by atoms with Gasteiger partial charge in [0.15, 0.2) is 0 Å². The second kappa shape index (κ2) is 8.22. The number of anilines is 1. The van der Waals surface area contributed by atoms with Gasteiger partial charge in [0, 0.05) is 17.7 Å². The molecule has 0 unspecified atom stereocenters. The molecular weight excluding hydrogens is 379 g/mol. The van der Waals surface area contributed by atoms with Gasteiger partial charge in [0.05, 0.1) is 10.6 Å². The topological polar surface area (TPSA) is 75.3 Å². The summed E-state index contributed by atoms with van der Waals surface area (Å²) in [6, 6.07) is 18.9. The Hall–Kier alpha value is -3.19. The summed E-state index contributed by atoms with van der Waals surface area (Å²) in [5, 5.41) is 2.64. The van der Waals surface area contributed by atoms with Gasteiger partial charge >= 0.3 is 0 Å². The van der Waals surface area contributed by atoms with E-state index in [0.29, 0.717) is 16.8 Å². The maximum absolute atomic E-state index is 13.7. The molecule has 0 fully saturated rings. The normalized spacial score (nSPS) is 11.1. The van der Waals surface area contributed by atoms with Crippen LogP contribution in [0.1, 0.15) is 21.5 Å². The van der Waals surface area contributed by atoms with Crippen molar-refractivity contribution in [2.75, 3.05) is 4.72 Å². The van der Waals surface area contributed by atoms with Gasteiger partial charge in [-0.05, 0) is 42.8 Å². The molecule has 28 heavy (non-hydrogen) atoms. The zero-order valence-electron chi connectivity index (χ0n) is 15.1. The summed E-state index contributed by atoms with van der Waals surface area (Å²) in [5.41, 5.74) is 1.62. The van der Waals surface area contributed by atoms with Crippen LogP contribution in [0.4, 0.5) is 10.1 Å². The summed E-state index contributed by atoms with van der Waals surface area (Å²) < 4.78 is 41.3. The number of benzene rings is 3. The largest absolute Gasteiger partial charge is 0.348 e. The average molecular weight is 398 g/mol. The highest BCUT2D eigenvalue weighted by Crippen LogP contribution is 2.21. The third kappa shape index (κ3) is 4.55. The lowest BCUT2D eigenvalue weighted by atomic mass is 10.1. The van der Waals surface area contributed by atoms with Crippen molar-refractivity contribution in [2.45, 2.75) is 18.4 Å². The predicted octanol–water partition coefficient (Wildman–Crippen LogP) is 3.86. The van der Waals surface area contributed by atoms with Crippen LogP contribution in [-0.4, -0.2) is 14.3 Å². The Balaban J connectivity index is 1.77. The third-order valence-electron chi connectivity index (χ3n) is 4.19. The molecule has 0 aliphatic heterocycles. The standard InChI is InChI=1S/C21H19FN2O3S/c1-15-11-12-16(21(25)23-14-17-7-5-6-10-19(17)22)13-20(15)24-28(26,27)18-8-3-2-4-9-18/h2-13,24H,14H2,1H3,(H,23,25). The number of rotatable bonds is 6. The van der Waals surface area contributed by atoms with E-state index in [0.717, 1.165) is 0 Å². The maximum atomic E-state index is 13.7. The van der Waals surface area contributed by atoms with Crippen molar-refractivity contribution in [3.05, 3.63) is 95.3 Å². The van der Waals surface area contributed by atoms with E-state index in [1.807, 2.05) is 0 Å². The summed E-state index contributed by atoms with van der Waals surface area (Å²) >= 11 is 0. The van der Waals surface area contributed by atoms with E-state index < -0.39 is 21.7 Å². The number of nitrogens with one attached hydrogen (secondary N) is 2. The number of hydrogen-bond donors (Lipinski definition) is 2. The molecule has 1 amide bonds. The van der Waals surface area contributed by atoms with Crippen molar-refractivity contribution in [2.24, 2.45) is 0 Å². The fourth-order valence-electron chi connectivity index (χ4n) is 2.60. The summed E-state index contributed by atoms with van der Waals surface area (Å²) in [6.45, 7) is 1.77. The van der Waals surface area contributed by atoms with Gasteiger partial charge in [-0.1, -0.05) is 42.5 Å². The van der Waals surface area contributed by atoms with Crippen LogP contribution in [0.5, 0.6) is 0 Å². The minimum Gasteiger partial charge on any atom is -0.348 e. The zero-order valence-corrected chi connectivity index (χ0v) is 16.0. The Kier molecular flexibility index (Phi) is 5.75.